The van der Waals surface area contributed by atoms with E-state index in [4.69, 9.17) is 16.3 Å². The van der Waals surface area contributed by atoms with Crippen LogP contribution >= 0.6 is 27.5 Å². The molecule has 2 rings (SSSR count). The van der Waals surface area contributed by atoms with Gasteiger partial charge in [0.15, 0.2) is 0 Å². The molecule has 0 aliphatic carbocycles. The standard InChI is InChI=1S/C14H10BrClFNO2/c1-8-6-9(16)7-12(15)13(8)20-14(19)18-11-4-2-10(17)3-5-11/h2-7H,1H3,(H,18,19). The predicted octanol–water partition coefficient (Wildman–Crippen LogP) is 5.16. The molecule has 0 aromatic heterocycles. The van der Waals surface area contributed by atoms with Gasteiger partial charge in [0.1, 0.15) is 11.6 Å². The summed E-state index contributed by atoms with van der Waals surface area (Å²) in [7, 11) is 0. The number of hydrogen-bond donors (Lipinski definition) is 1. The Bertz CT molecular complexity index is 623. The molecule has 0 unspecified atom stereocenters. The molecule has 0 radical (unpaired) electrons. The summed E-state index contributed by atoms with van der Waals surface area (Å²) in [5.41, 5.74) is 1.16. The molecule has 1 amide bonds. The Morgan fingerprint density at radius 2 is 1.95 bits per heavy atom. The van der Waals surface area contributed by atoms with Gasteiger partial charge in [-0.05, 0) is 64.8 Å². The third kappa shape index (κ3) is 3.71. The topological polar surface area (TPSA) is 38.3 Å². The first-order valence-corrected chi connectivity index (χ1v) is 6.83. The molecule has 0 fully saturated rings. The number of hydrogen-bond acceptors (Lipinski definition) is 2. The Hall–Kier alpha value is -1.59. The third-order valence-electron chi connectivity index (χ3n) is 2.48. The number of rotatable bonds is 2. The van der Waals surface area contributed by atoms with Gasteiger partial charge in [0.2, 0.25) is 0 Å². The summed E-state index contributed by atoms with van der Waals surface area (Å²) in [6, 6.07) is 8.71. The van der Waals surface area contributed by atoms with Crippen LogP contribution in [0.3, 0.4) is 0 Å². The van der Waals surface area contributed by atoms with Crippen LogP contribution in [0.25, 0.3) is 0 Å². The second-order valence-electron chi connectivity index (χ2n) is 4.06. The molecule has 3 nitrogen and oxygen atoms in total. The molecule has 0 saturated carbocycles. The minimum absolute atomic E-state index is 0.375. The van der Waals surface area contributed by atoms with Crippen LogP contribution in [0.2, 0.25) is 5.02 Å². The Kier molecular flexibility index (Phi) is 4.62. The highest BCUT2D eigenvalue weighted by Crippen LogP contribution is 2.32. The van der Waals surface area contributed by atoms with Gasteiger partial charge < -0.3 is 4.74 Å². The Morgan fingerprint density at radius 3 is 2.55 bits per heavy atom. The molecule has 0 aliphatic rings. The van der Waals surface area contributed by atoms with Crippen LogP contribution in [0.4, 0.5) is 14.9 Å². The van der Waals surface area contributed by atoms with Crippen LogP contribution in [-0.2, 0) is 0 Å². The van der Waals surface area contributed by atoms with Crippen molar-refractivity contribution in [1.82, 2.24) is 0 Å². The average molecular weight is 359 g/mol. The van der Waals surface area contributed by atoms with E-state index in [9.17, 15) is 9.18 Å². The van der Waals surface area contributed by atoms with E-state index in [2.05, 4.69) is 21.2 Å². The number of halogens is 3. The van der Waals surface area contributed by atoms with Crippen LogP contribution in [0.1, 0.15) is 5.56 Å². The van der Waals surface area contributed by atoms with E-state index in [1.807, 2.05) is 0 Å². The van der Waals surface area contributed by atoms with Gasteiger partial charge in [0.25, 0.3) is 0 Å². The summed E-state index contributed by atoms with van der Waals surface area (Å²) in [6.07, 6.45) is -0.664. The number of benzene rings is 2. The number of ether oxygens (including phenoxy) is 1. The first-order valence-electron chi connectivity index (χ1n) is 5.66. The van der Waals surface area contributed by atoms with Crippen LogP contribution < -0.4 is 10.1 Å². The van der Waals surface area contributed by atoms with Crippen molar-refractivity contribution in [2.75, 3.05) is 5.32 Å². The van der Waals surface area contributed by atoms with Gasteiger partial charge in [-0.25, -0.2) is 9.18 Å². The Morgan fingerprint density at radius 1 is 1.30 bits per heavy atom. The fourth-order valence-electron chi connectivity index (χ4n) is 1.59. The van der Waals surface area contributed by atoms with Gasteiger partial charge in [-0.15, -0.1) is 0 Å². The summed E-state index contributed by atoms with van der Waals surface area (Å²) in [6.45, 7) is 1.77. The van der Waals surface area contributed by atoms with Gasteiger partial charge in [0.05, 0.1) is 4.47 Å². The number of aryl methyl sites for hydroxylation is 1. The number of nitrogens with one attached hydrogen (secondary N) is 1. The predicted molar refractivity (Wildman–Crippen MR) is 79.9 cm³/mol. The quantitative estimate of drug-likeness (QED) is 0.805. The van der Waals surface area contributed by atoms with E-state index in [1.54, 1.807) is 19.1 Å². The smallest absolute Gasteiger partial charge is 0.409 e. The minimum atomic E-state index is -0.664. The van der Waals surface area contributed by atoms with Crippen molar-refractivity contribution in [2.45, 2.75) is 6.92 Å². The molecule has 0 atom stereocenters. The molecule has 0 saturated heterocycles. The second-order valence-corrected chi connectivity index (χ2v) is 5.35. The van der Waals surface area contributed by atoms with E-state index < -0.39 is 6.09 Å². The van der Waals surface area contributed by atoms with Crippen molar-refractivity contribution in [2.24, 2.45) is 0 Å². The fraction of sp³-hybridized carbons (Fsp3) is 0.0714. The molecule has 20 heavy (non-hydrogen) atoms. The third-order valence-corrected chi connectivity index (χ3v) is 3.29. The van der Waals surface area contributed by atoms with Crippen molar-refractivity contribution >= 4 is 39.3 Å². The van der Waals surface area contributed by atoms with Crippen molar-refractivity contribution in [1.29, 1.82) is 0 Å². The lowest BCUT2D eigenvalue weighted by Crippen LogP contribution is -2.17. The van der Waals surface area contributed by atoms with Gasteiger partial charge in [-0.1, -0.05) is 11.6 Å². The van der Waals surface area contributed by atoms with E-state index in [-0.39, 0.29) is 5.82 Å². The highest BCUT2D eigenvalue weighted by atomic mass is 79.9. The zero-order chi connectivity index (χ0) is 14.7. The lowest BCUT2D eigenvalue weighted by Gasteiger charge is -2.11. The zero-order valence-electron chi connectivity index (χ0n) is 10.4. The summed E-state index contributed by atoms with van der Waals surface area (Å²) in [5, 5.41) is 3.05. The Balaban J connectivity index is 2.10. The van der Waals surface area contributed by atoms with Crippen LogP contribution in [0.5, 0.6) is 5.75 Å². The van der Waals surface area contributed by atoms with Crippen LogP contribution in [0.15, 0.2) is 40.9 Å². The zero-order valence-corrected chi connectivity index (χ0v) is 12.8. The SMILES string of the molecule is Cc1cc(Cl)cc(Br)c1OC(=O)Nc1ccc(F)cc1. The lowest BCUT2D eigenvalue weighted by molar-refractivity contribution is 0.214. The summed E-state index contributed by atoms with van der Waals surface area (Å²) in [4.78, 5) is 11.8. The van der Waals surface area contributed by atoms with Crippen molar-refractivity contribution in [3.63, 3.8) is 0 Å². The molecule has 0 aliphatic heterocycles. The molecule has 2 aromatic carbocycles. The van der Waals surface area contributed by atoms with Crippen LogP contribution in [-0.4, -0.2) is 6.09 Å². The normalized spacial score (nSPS) is 10.2. The lowest BCUT2D eigenvalue weighted by atomic mass is 10.2. The highest BCUT2D eigenvalue weighted by molar-refractivity contribution is 9.10. The minimum Gasteiger partial charge on any atom is -0.409 e. The second kappa shape index (κ2) is 6.24. The maximum Gasteiger partial charge on any atom is 0.417 e. The van der Waals surface area contributed by atoms with Gasteiger partial charge >= 0.3 is 6.09 Å². The molecule has 2 aromatic rings. The first-order chi connectivity index (χ1) is 9.45. The number of carbonyl (C=O) groups is 1. The van der Waals surface area contributed by atoms with E-state index in [1.165, 1.54) is 24.3 Å². The van der Waals surface area contributed by atoms with Gasteiger partial charge in [-0.2, -0.15) is 0 Å². The van der Waals surface area contributed by atoms with E-state index >= 15 is 0 Å². The molecule has 0 spiro atoms. The summed E-state index contributed by atoms with van der Waals surface area (Å²) >= 11 is 9.16. The monoisotopic (exact) mass is 357 g/mol. The van der Waals surface area contributed by atoms with Crippen molar-refractivity contribution in [3.8, 4) is 5.75 Å². The van der Waals surface area contributed by atoms with Crippen molar-refractivity contribution in [3.05, 3.63) is 57.3 Å². The highest BCUT2D eigenvalue weighted by Gasteiger charge is 2.12. The van der Waals surface area contributed by atoms with Gasteiger partial charge in [0, 0.05) is 10.7 Å². The van der Waals surface area contributed by atoms with Gasteiger partial charge in [-0.3, -0.25) is 5.32 Å². The first kappa shape index (κ1) is 14.8. The molecular weight excluding hydrogens is 349 g/mol. The van der Waals surface area contributed by atoms with E-state index in [0.29, 0.717) is 20.9 Å². The maximum atomic E-state index is 12.8. The average Bonchev–Trinajstić information content (AvgIpc) is 2.36. The largest absolute Gasteiger partial charge is 0.417 e. The molecule has 6 heteroatoms. The summed E-state index contributed by atoms with van der Waals surface area (Å²) in [5.74, 6) is 0.00854. The van der Waals surface area contributed by atoms with Crippen molar-refractivity contribution < 1.29 is 13.9 Å². The molecule has 1 N–H and O–H groups in total. The molecular formula is C14H10BrClFNO2. The van der Waals surface area contributed by atoms with E-state index in [0.717, 1.165) is 5.56 Å². The molecule has 0 bridgehead atoms. The fourth-order valence-corrected chi connectivity index (χ4v) is 2.63. The van der Waals surface area contributed by atoms with Crippen LogP contribution in [0, 0.1) is 12.7 Å². The number of carbonyl (C=O) groups excluding carboxylic acids is 1. The summed E-state index contributed by atoms with van der Waals surface area (Å²) < 4.78 is 18.5. The number of anilines is 1. The molecule has 0 heterocycles. The Labute approximate surface area is 128 Å². The number of amides is 1. The maximum absolute atomic E-state index is 12.8. The molecule has 104 valence electrons.